The molecule has 33 heavy (non-hydrogen) atoms. The third-order valence-corrected chi connectivity index (χ3v) is 6.80. The first-order valence-electron chi connectivity index (χ1n) is 10.1. The van der Waals surface area contributed by atoms with E-state index in [9.17, 15) is 18.0 Å². The first-order valence-corrected chi connectivity index (χ1v) is 11.7. The van der Waals surface area contributed by atoms with E-state index in [1.807, 2.05) is 13.0 Å². The van der Waals surface area contributed by atoms with Gasteiger partial charge in [-0.1, -0.05) is 29.3 Å². The summed E-state index contributed by atoms with van der Waals surface area (Å²) >= 11 is 15.1. The van der Waals surface area contributed by atoms with Crippen molar-refractivity contribution in [3.05, 3.63) is 61.4 Å². The van der Waals surface area contributed by atoms with E-state index in [0.717, 1.165) is 24.1 Å². The summed E-state index contributed by atoms with van der Waals surface area (Å²) in [6.07, 6.45) is -2.98. The highest BCUT2D eigenvalue weighted by molar-refractivity contribution is 9.10. The third-order valence-electron chi connectivity index (χ3n) is 5.28. The molecule has 176 valence electrons. The predicted octanol–water partition coefficient (Wildman–Crippen LogP) is 6.43. The van der Waals surface area contributed by atoms with Gasteiger partial charge in [-0.2, -0.15) is 23.4 Å². The standard InChI is InChI=1S/C21H19BrCl2F3N5O/c1-11-8-16(29-32(11)10-12-2-5-14(23)15(24)9-12)28-17(33)6-7-31-19(13-3-4-13)18(22)20(30-31)21(25,26)27/h2,5,8-9,13H,3-4,6-7,10H2,1H3,(H,28,29,33). The van der Waals surface area contributed by atoms with E-state index < -0.39 is 11.9 Å². The van der Waals surface area contributed by atoms with E-state index >= 15 is 0 Å². The number of hydrogen-bond acceptors (Lipinski definition) is 3. The number of carbonyl (C=O) groups is 1. The Hall–Kier alpha value is -2.04. The molecule has 0 radical (unpaired) electrons. The molecule has 0 saturated heterocycles. The molecule has 0 atom stereocenters. The fourth-order valence-corrected chi connectivity index (χ4v) is 4.66. The highest BCUT2D eigenvalue weighted by atomic mass is 79.9. The zero-order chi connectivity index (χ0) is 23.9. The fourth-order valence-electron chi connectivity index (χ4n) is 3.51. The number of carbonyl (C=O) groups excluding carboxylic acids is 1. The Bertz CT molecular complexity index is 1200. The Morgan fingerprint density at radius 3 is 2.55 bits per heavy atom. The van der Waals surface area contributed by atoms with Gasteiger partial charge < -0.3 is 5.32 Å². The van der Waals surface area contributed by atoms with Crippen LogP contribution < -0.4 is 5.32 Å². The Kier molecular flexibility index (Phi) is 6.80. The molecule has 1 N–H and O–H groups in total. The molecule has 3 aromatic rings. The normalized spacial score (nSPS) is 14.0. The second-order valence-corrected chi connectivity index (χ2v) is 9.53. The Balaban J connectivity index is 1.41. The minimum atomic E-state index is -4.56. The number of anilines is 1. The number of hydrogen-bond donors (Lipinski definition) is 1. The van der Waals surface area contributed by atoms with E-state index in [4.69, 9.17) is 23.2 Å². The number of nitrogens with one attached hydrogen (secondary N) is 1. The van der Waals surface area contributed by atoms with Crippen molar-refractivity contribution in [3.63, 3.8) is 0 Å². The molecule has 0 unspecified atom stereocenters. The van der Waals surface area contributed by atoms with Gasteiger partial charge in [-0.05, 0) is 53.4 Å². The molecule has 2 heterocycles. The topological polar surface area (TPSA) is 64.7 Å². The van der Waals surface area contributed by atoms with Crippen molar-refractivity contribution < 1.29 is 18.0 Å². The smallest absolute Gasteiger partial charge is 0.309 e. The fraction of sp³-hybridized carbons (Fsp3) is 0.381. The molecule has 1 fully saturated rings. The van der Waals surface area contributed by atoms with E-state index in [2.05, 4.69) is 31.4 Å². The van der Waals surface area contributed by atoms with Crippen LogP contribution in [-0.4, -0.2) is 25.5 Å². The summed E-state index contributed by atoms with van der Waals surface area (Å²) in [5.41, 5.74) is 1.25. The van der Waals surface area contributed by atoms with Crippen molar-refractivity contribution in [2.24, 2.45) is 0 Å². The molecule has 2 aromatic heterocycles. The summed E-state index contributed by atoms with van der Waals surface area (Å²) in [6.45, 7) is 2.32. The van der Waals surface area contributed by atoms with Crippen LogP contribution in [0.15, 0.2) is 28.7 Å². The molecular formula is C21H19BrCl2F3N5O. The maximum absolute atomic E-state index is 13.2. The van der Waals surface area contributed by atoms with Crippen LogP contribution in [0.25, 0.3) is 0 Å². The lowest BCUT2D eigenvalue weighted by Gasteiger charge is -2.07. The van der Waals surface area contributed by atoms with Gasteiger partial charge in [-0.15, -0.1) is 0 Å². The van der Waals surface area contributed by atoms with Crippen LogP contribution in [0, 0.1) is 6.92 Å². The van der Waals surface area contributed by atoms with Crippen molar-refractivity contribution in [3.8, 4) is 0 Å². The summed E-state index contributed by atoms with van der Waals surface area (Å²) in [5.74, 6) is 0.0273. The number of alkyl halides is 3. The van der Waals surface area contributed by atoms with Gasteiger partial charge in [0.2, 0.25) is 5.91 Å². The molecule has 0 aliphatic heterocycles. The highest BCUT2D eigenvalue weighted by Gasteiger charge is 2.41. The van der Waals surface area contributed by atoms with Crippen LogP contribution in [-0.2, 0) is 24.1 Å². The van der Waals surface area contributed by atoms with Crippen molar-refractivity contribution >= 4 is 50.9 Å². The van der Waals surface area contributed by atoms with Gasteiger partial charge in [0.05, 0.1) is 33.3 Å². The third kappa shape index (κ3) is 5.55. The average molecular weight is 565 g/mol. The lowest BCUT2D eigenvalue weighted by Crippen LogP contribution is -2.17. The number of halogens is 6. The van der Waals surface area contributed by atoms with Gasteiger partial charge in [0.1, 0.15) is 0 Å². The lowest BCUT2D eigenvalue weighted by molar-refractivity contribution is -0.142. The zero-order valence-electron chi connectivity index (χ0n) is 17.4. The minimum Gasteiger partial charge on any atom is -0.309 e. The molecular weight excluding hydrogens is 546 g/mol. The van der Waals surface area contributed by atoms with Crippen LogP contribution in [0.2, 0.25) is 10.0 Å². The molecule has 1 aliphatic carbocycles. The minimum absolute atomic E-state index is 0.0328. The van der Waals surface area contributed by atoms with Crippen molar-refractivity contribution in [2.75, 3.05) is 5.32 Å². The van der Waals surface area contributed by atoms with Crippen LogP contribution in [0.1, 0.15) is 47.8 Å². The second-order valence-electron chi connectivity index (χ2n) is 7.92. The Morgan fingerprint density at radius 1 is 1.18 bits per heavy atom. The molecule has 1 amide bonds. The first kappa shape index (κ1) is 24.1. The number of rotatable bonds is 7. The Labute approximate surface area is 206 Å². The molecule has 0 spiro atoms. The molecule has 1 aromatic carbocycles. The van der Waals surface area contributed by atoms with E-state index in [1.54, 1.807) is 22.9 Å². The van der Waals surface area contributed by atoms with Gasteiger partial charge in [-0.3, -0.25) is 14.2 Å². The van der Waals surface area contributed by atoms with E-state index in [0.29, 0.717) is 28.1 Å². The molecule has 0 bridgehead atoms. The van der Waals surface area contributed by atoms with Gasteiger partial charge >= 0.3 is 6.18 Å². The van der Waals surface area contributed by atoms with Crippen molar-refractivity contribution in [2.45, 2.75) is 51.4 Å². The maximum atomic E-state index is 13.2. The number of aryl methyl sites for hydroxylation is 2. The van der Waals surface area contributed by atoms with Gasteiger partial charge in [0.25, 0.3) is 0 Å². The summed E-state index contributed by atoms with van der Waals surface area (Å²) in [6, 6.07) is 7.01. The van der Waals surface area contributed by atoms with Crippen LogP contribution in [0.3, 0.4) is 0 Å². The van der Waals surface area contributed by atoms with Gasteiger partial charge in [0, 0.05) is 24.1 Å². The maximum Gasteiger partial charge on any atom is 0.436 e. The van der Waals surface area contributed by atoms with Crippen LogP contribution >= 0.6 is 39.1 Å². The number of benzene rings is 1. The highest BCUT2D eigenvalue weighted by Crippen LogP contribution is 2.47. The number of nitrogens with zero attached hydrogens (tertiary/aromatic N) is 4. The van der Waals surface area contributed by atoms with Crippen molar-refractivity contribution in [1.29, 1.82) is 0 Å². The molecule has 1 aliphatic rings. The number of aromatic nitrogens is 4. The lowest BCUT2D eigenvalue weighted by atomic mass is 10.2. The Morgan fingerprint density at radius 2 is 1.91 bits per heavy atom. The summed E-state index contributed by atoms with van der Waals surface area (Å²) in [5, 5.41) is 11.7. The molecule has 4 rings (SSSR count). The quantitative estimate of drug-likeness (QED) is 0.359. The van der Waals surface area contributed by atoms with Gasteiger partial charge in [0.15, 0.2) is 11.5 Å². The zero-order valence-corrected chi connectivity index (χ0v) is 20.5. The number of amides is 1. The van der Waals surface area contributed by atoms with E-state index in [1.165, 1.54) is 4.68 Å². The molecule has 6 nitrogen and oxygen atoms in total. The monoisotopic (exact) mass is 563 g/mol. The molecule has 1 saturated carbocycles. The summed E-state index contributed by atoms with van der Waals surface area (Å²) < 4.78 is 42.7. The SMILES string of the molecule is Cc1cc(NC(=O)CCn2nc(C(F)(F)F)c(Br)c2C2CC2)nn1Cc1ccc(Cl)c(Cl)c1. The van der Waals surface area contributed by atoms with Crippen LogP contribution in [0.5, 0.6) is 0 Å². The van der Waals surface area contributed by atoms with Crippen molar-refractivity contribution in [1.82, 2.24) is 19.6 Å². The largest absolute Gasteiger partial charge is 0.436 e. The predicted molar refractivity (Wildman–Crippen MR) is 123 cm³/mol. The van der Waals surface area contributed by atoms with Crippen LogP contribution in [0.4, 0.5) is 19.0 Å². The average Bonchev–Trinajstić information content (AvgIpc) is 3.42. The first-order chi connectivity index (χ1) is 15.5. The van der Waals surface area contributed by atoms with E-state index in [-0.39, 0.29) is 29.3 Å². The summed E-state index contributed by atoms with van der Waals surface area (Å²) in [4.78, 5) is 12.5. The summed E-state index contributed by atoms with van der Waals surface area (Å²) in [7, 11) is 0. The molecule has 12 heteroatoms. The second kappa shape index (κ2) is 9.31. The van der Waals surface area contributed by atoms with Gasteiger partial charge in [-0.25, -0.2) is 0 Å².